The first-order valence-electron chi connectivity index (χ1n) is 7.60. The van der Waals surface area contributed by atoms with Crippen molar-refractivity contribution in [3.05, 3.63) is 66.7 Å². The number of hydrogen-bond donors (Lipinski definition) is 2. The molecule has 26 heavy (non-hydrogen) atoms. The number of nitrogens with two attached hydrogens (primary N) is 2. The SMILES string of the molecule is Nc1ccc(Oc2cc(OC(F)(F)F)ccc2-c2ccccc2)c(N)c1. The van der Waals surface area contributed by atoms with Crippen LogP contribution < -0.4 is 20.9 Å². The summed E-state index contributed by atoms with van der Waals surface area (Å²) in [5, 5.41) is 0. The fraction of sp³-hybridized carbons (Fsp3) is 0.0526. The molecule has 0 atom stereocenters. The number of anilines is 2. The summed E-state index contributed by atoms with van der Waals surface area (Å²) in [6, 6.07) is 17.7. The summed E-state index contributed by atoms with van der Waals surface area (Å²) in [6.07, 6.45) is -4.80. The van der Waals surface area contributed by atoms with Crippen LogP contribution in [0.25, 0.3) is 11.1 Å². The van der Waals surface area contributed by atoms with E-state index in [9.17, 15) is 13.2 Å². The molecule has 0 aliphatic rings. The Balaban J connectivity index is 2.05. The summed E-state index contributed by atoms with van der Waals surface area (Å²) in [7, 11) is 0. The highest BCUT2D eigenvalue weighted by Gasteiger charge is 2.31. The highest BCUT2D eigenvalue weighted by Crippen LogP contribution is 2.39. The number of alkyl halides is 3. The Hall–Kier alpha value is -3.35. The van der Waals surface area contributed by atoms with Crippen LogP contribution in [0.2, 0.25) is 0 Å². The summed E-state index contributed by atoms with van der Waals surface area (Å²) in [4.78, 5) is 0. The lowest BCUT2D eigenvalue weighted by Gasteiger charge is -2.16. The van der Waals surface area contributed by atoms with E-state index in [0.717, 1.165) is 5.56 Å². The molecule has 0 heterocycles. The zero-order valence-electron chi connectivity index (χ0n) is 13.5. The molecule has 0 amide bonds. The van der Waals surface area contributed by atoms with Crippen molar-refractivity contribution in [2.45, 2.75) is 6.36 Å². The van der Waals surface area contributed by atoms with Crippen LogP contribution in [0.3, 0.4) is 0 Å². The monoisotopic (exact) mass is 360 g/mol. The number of benzene rings is 3. The van der Waals surface area contributed by atoms with Crippen LogP contribution in [0.4, 0.5) is 24.5 Å². The molecule has 134 valence electrons. The molecule has 0 spiro atoms. The minimum absolute atomic E-state index is 0.175. The highest BCUT2D eigenvalue weighted by molar-refractivity contribution is 5.73. The largest absolute Gasteiger partial charge is 0.573 e. The molecule has 3 aromatic rings. The van der Waals surface area contributed by atoms with E-state index in [1.807, 2.05) is 30.3 Å². The van der Waals surface area contributed by atoms with Gasteiger partial charge >= 0.3 is 6.36 Å². The Morgan fingerprint density at radius 3 is 2.15 bits per heavy atom. The summed E-state index contributed by atoms with van der Waals surface area (Å²) in [5.41, 5.74) is 13.6. The Labute approximate surface area is 147 Å². The second-order valence-electron chi connectivity index (χ2n) is 5.47. The van der Waals surface area contributed by atoms with Gasteiger partial charge in [-0.05, 0) is 35.9 Å². The fourth-order valence-corrected chi connectivity index (χ4v) is 2.42. The molecular formula is C19H15F3N2O2. The van der Waals surface area contributed by atoms with Crippen LogP contribution in [0.15, 0.2) is 66.7 Å². The van der Waals surface area contributed by atoms with Crippen LogP contribution in [-0.2, 0) is 0 Å². The minimum Gasteiger partial charge on any atom is -0.454 e. The van der Waals surface area contributed by atoms with Gasteiger partial charge in [0.25, 0.3) is 0 Å². The van der Waals surface area contributed by atoms with Gasteiger partial charge in [-0.1, -0.05) is 30.3 Å². The van der Waals surface area contributed by atoms with Gasteiger partial charge in [0.15, 0.2) is 0 Å². The predicted molar refractivity (Wildman–Crippen MR) is 93.9 cm³/mol. The van der Waals surface area contributed by atoms with Crippen LogP contribution in [-0.4, -0.2) is 6.36 Å². The maximum absolute atomic E-state index is 12.5. The Bertz CT molecular complexity index is 912. The predicted octanol–water partition coefficient (Wildman–Crippen LogP) is 5.21. The summed E-state index contributed by atoms with van der Waals surface area (Å²) >= 11 is 0. The maximum atomic E-state index is 12.5. The topological polar surface area (TPSA) is 70.5 Å². The summed E-state index contributed by atoms with van der Waals surface area (Å²) < 4.78 is 47.4. The van der Waals surface area contributed by atoms with Gasteiger partial charge in [0, 0.05) is 17.3 Å². The van der Waals surface area contributed by atoms with Gasteiger partial charge in [-0.15, -0.1) is 13.2 Å². The number of hydrogen-bond acceptors (Lipinski definition) is 4. The van der Waals surface area contributed by atoms with Crippen LogP contribution >= 0.6 is 0 Å². The molecule has 0 aromatic heterocycles. The van der Waals surface area contributed by atoms with E-state index in [1.54, 1.807) is 12.1 Å². The third-order valence-corrected chi connectivity index (χ3v) is 3.53. The number of halogens is 3. The van der Waals surface area contributed by atoms with E-state index in [1.165, 1.54) is 24.3 Å². The molecule has 0 unspecified atom stereocenters. The van der Waals surface area contributed by atoms with E-state index < -0.39 is 6.36 Å². The maximum Gasteiger partial charge on any atom is 0.573 e. The summed E-state index contributed by atoms with van der Waals surface area (Å²) in [5.74, 6) is 0.0659. The zero-order valence-corrected chi connectivity index (χ0v) is 13.5. The standard InChI is InChI=1S/C19H15F3N2O2/c20-19(21,22)26-14-7-8-15(12-4-2-1-3-5-12)18(11-14)25-17-9-6-13(23)10-16(17)24/h1-11H,23-24H2. The van der Waals surface area contributed by atoms with Crippen molar-refractivity contribution < 1.29 is 22.6 Å². The molecule has 4 N–H and O–H groups in total. The van der Waals surface area contributed by atoms with E-state index in [0.29, 0.717) is 11.3 Å². The fourth-order valence-electron chi connectivity index (χ4n) is 2.42. The Morgan fingerprint density at radius 2 is 1.50 bits per heavy atom. The van der Waals surface area contributed by atoms with E-state index in [4.69, 9.17) is 16.2 Å². The number of rotatable bonds is 4. The van der Waals surface area contributed by atoms with Crippen LogP contribution in [0.1, 0.15) is 0 Å². The van der Waals surface area contributed by atoms with E-state index in [2.05, 4.69) is 4.74 Å². The normalized spacial score (nSPS) is 11.2. The van der Waals surface area contributed by atoms with Crippen molar-refractivity contribution in [2.24, 2.45) is 0 Å². The lowest BCUT2D eigenvalue weighted by atomic mass is 10.0. The lowest BCUT2D eigenvalue weighted by molar-refractivity contribution is -0.274. The van der Waals surface area contributed by atoms with Crippen molar-refractivity contribution in [3.8, 4) is 28.4 Å². The van der Waals surface area contributed by atoms with Gasteiger partial charge in [0.05, 0.1) is 5.69 Å². The van der Waals surface area contributed by atoms with Gasteiger partial charge in [-0.3, -0.25) is 0 Å². The average molecular weight is 360 g/mol. The van der Waals surface area contributed by atoms with Gasteiger partial charge in [-0.25, -0.2) is 0 Å². The Kier molecular flexibility index (Phi) is 4.62. The molecule has 7 heteroatoms. The molecule has 0 radical (unpaired) electrons. The molecule has 3 aromatic carbocycles. The molecule has 0 saturated carbocycles. The van der Waals surface area contributed by atoms with Gasteiger partial charge in [-0.2, -0.15) is 0 Å². The summed E-state index contributed by atoms with van der Waals surface area (Å²) in [6.45, 7) is 0. The third-order valence-electron chi connectivity index (χ3n) is 3.53. The number of ether oxygens (including phenoxy) is 2. The van der Waals surface area contributed by atoms with Crippen molar-refractivity contribution in [1.29, 1.82) is 0 Å². The van der Waals surface area contributed by atoms with Crippen molar-refractivity contribution in [1.82, 2.24) is 0 Å². The molecule has 0 aliphatic carbocycles. The first-order chi connectivity index (χ1) is 12.3. The van der Waals surface area contributed by atoms with E-state index in [-0.39, 0.29) is 22.9 Å². The third kappa shape index (κ3) is 4.18. The molecule has 0 fully saturated rings. The van der Waals surface area contributed by atoms with Gasteiger partial charge in [0.2, 0.25) is 0 Å². The van der Waals surface area contributed by atoms with Crippen molar-refractivity contribution in [3.63, 3.8) is 0 Å². The second kappa shape index (κ2) is 6.87. The van der Waals surface area contributed by atoms with Gasteiger partial charge in [0.1, 0.15) is 17.2 Å². The molecule has 0 aliphatic heterocycles. The Morgan fingerprint density at radius 1 is 0.769 bits per heavy atom. The molecule has 0 bridgehead atoms. The van der Waals surface area contributed by atoms with Crippen molar-refractivity contribution in [2.75, 3.05) is 11.5 Å². The van der Waals surface area contributed by atoms with Crippen LogP contribution in [0, 0.1) is 0 Å². The molecular weight excluding hydrogens is 345 g/mol. The molecule has 0 saturated heterocycles. The van der Waals surface area contributed by atoms with Gasteiger partial charge < -0.3 is 20.9 Å². The lowest BCUT2D eigenvalue weighted by Crippen LogP contribution is -2.17. The smallest absolute Gasteiger partial charge is 0.454 e. The van der Waals surface area contributed by atoms with E-state index >= 15 is 0 Å². The number of nitrogen functional groups attached to an aromatic ring is 2. The molecule has 3 rings (SSSR count). The van der Waals surface area contributed by atoms with Crippen molar-refractivity contribution >= 4 is 11.4 Å². The minimum atomic E-state index is -4.80. The first kappa shape index (κ1) is 17.5. The first-order valence-corrected chi connectivity index (χ1v) is 7.60. The quantitative estimate of drug-likeness (QED) is 0.627. The highest BCUT2D eigenvalue weighted by atomic mass is 19.4. The second-order valence-corrected chi connectivity index (χ2v) is 5.47. The van der Waals surface area contributed by atoms with Crippen LogP contribution in [0.5, 0.6) is 17.2 Å². The molecule has 4 nitrogen and oxygen atoms in total. The zero-order chi connectivity index (χ0) is 18.7. The average Bonchev–Trinajstić information content (AvgIpc) is 2.57.